The van der Waals surface area contributed by atoms with Crippen LogP contribution in [-0.2, 0) is 14.8 Å². The van der Waals surface area contributed by atoms with Crippen LogP contribution >= 0.6 is 0 Å². The molecule has 1 fully saturated rings. The maximum atomic E-state index is 12.5. The van der Waals surface area contributed by atoms with E-state index in [0.29, 0.717) is 19.7 Å². The minimum atomic E-state index is -3.53. The zero-order chi connectivity index (χ0) is 23.0. The van der Waals surface area contributed by atoms with Gasteiger partial charge in [0, 0.05) is 18.7 Å². The maximum absolute atomic E-state index is 12.5. The summed E-state index contributed by atoms with van der Waals surface area (Å²) in [4.78, 5) is 24.3. The van der Waals surface area contributed by atoms with Gasteiger partial charge in [0.1, 0.15) is 5.75 Å². The van der Waals surface area contributed by atoms with E-state index in [1.165, 1.54) is 34.8 Å². The largest absolute Gasteiger partial charge is 0.494 e. The Balaban J connectivity index is 1.47. The van der Waals surface area contributed by atoms with E-state index in [1.54, 1.807) is 24.3 Å². The molecule has 2 amide bonds. The third kappa shape index (κ3) is 6.14. The van der Waals surface area contributed by atoms with Crippen LogP contribution in [0, 0.1) is 0 Å². The molecule has 2 aromatic rings. The topological polar surface area (TPSA) is 117 Å². The molecule has 0 aromatic heterocycles. The lowest BCUT2D eigenvalue weighted by atomic mass is 10.2. The monoisotopic (exact) mass is 458 g/mol. The molecule has 0 saturated carbocycles. The first-order valence-corrected chi connectivity index (χ1v) is 11.8. The lowest BCUT2D eigenvalue weighted by molar-refractivity contribution is -0.120. The second kappa shape index (κ2) is 10.9. The van der Waals surface area contributed by atoms with Crippen molar-refractivity contribution in [3.05, 3.63) is 59.7 Å². The fourth-order valence-corrected chi connectivity index (χ4v) is 4.67. The highest BCUT2D eigenvalue weighted by Crippen LogP contribution is 2.21. The normalized spacial score (nSPS) is 14.4. The molecule has 170 valence electrons. The van der Waals surface area contributed by atoms with Gasteiger partial charge in [0.2, 0.25) is 10.0 Å². The molecule has 1 saturated heterocycles. The van der Waals surface area contributed by atoms with Crippen LogP contribution in [0.4, 0.5) is 0 Å². The molecule has 3 rings (SSSR count). The number of rotatable bonds is 9. The molecular formula is C22H26N4O5S. The second-order valence-electron chi connectivity index (χ2n) is 7.11. The van der Waals surface area contributed by atoms with Crippen LogP contribution in [0.2, 0.25) is 0 Å². The average molecular weight is 459 g/mol. The Bertz CT molecular complexity index is 1060. The van der Waals surface area contributed by atoms with Crippen LogP contribution in [0.25, 0.3) is 0 Å². The first-order chi connectivity index (χ1) is 15.4. The standard InChI is InChI=1S/C22H26N4O5S/c1-2-31-19-9-5-17(6-10-19)15-24-25-21(27)16-23-22(28)18-7-11-20(12-8-18)32(29,30)26-13-3-4-14-26/h5-12,15H,2-4,13-14,16H2,1H3,(H,23,28)(H,25,27). The highest BCUT2D eigenvalue weighted by molar-refractivity contribution is 7.89. The zero-order valence-corrected chi connectivity index (χ0v) is 18.6. The summed E-state index contributed by atoms with van der Waals surface area (Å²) in [7, 11) is -3.53. The summed E-state index contributed by atoms with van der Waals surface area (Å²) in [5.41, 5.74) is 3.38. The van der Waals surface area contributed by atoms with E-state index in [0.717, 1.165) is 24.2 Å². The molecule has 0 bridgehead atoms. The van der Waals surface area contributed by atoms with E-state index in [-0.39, 0.29) is 17.0 Å². The van der Waals surface area contributed by atoms with Crippen molar-refractivity contribution in [1.82, 2.24) is 15.0 Å². The fraction of sp³-hybridized carbons (Fsp3) is 0.318. The Labute approximate surface area is 187 Å². The maximum Gasteiger partial charge on any atom is 0.259 e. The lowest BCUT2D eigenvalue weighted by Gasteiger charge is -2.15. The first kappa shape index (κ1) is 23.4. The van der Waals surface area contributed by atoms with Crippen LogP contribution < -0.4 is 15.5 Å². The summed E-state index contributed by atoms with van der Waals surface area (Å²) in [5.74, 6) is -0.229. The summed E-state index contributed by atoms with van der Waals surface area (Å²) in [6, 6.07) is 12.9. The van der Waals surface area contributed by atoms with Gasteiger partial charge in [-0.2, -0.15) is 9.41 Å². The summed E-state index contributed by atoms with van der Waals surface area (Å²) in [6.45, 7) is 3.24. The Hall–Kier alpha value is -3.24. The van der Waals surface area contributed by atoms with Gasteiger partial charge in [-0.25, -0.2) is 13.8 Å². The minimum Gasteiger partial charge on any atom is -0.494 e. The molecular weight excluding hydrogens is 432 g/mol. The van der Waals surface area contributed by atoms with Gasteiger partial charge < -0.3 is 10.1 Å². The van der Waals surface area contributed by atoms with Gasteiger partial charge in [0.25, 0.3) is 11.8 Å². The number of sulfonamides is 1. The van der Waals surface area contributed by atoms with Crippen molar-refractivity contribution < 1.29 is 22.7 Å². The molecule has 1 aliphatic rings. The predicted molar refractivity (Wildman–Crippen MR) is 120 cm³/mol. The third-order valence-electron chi connectivity index (χ3n) is 4.82. The van der Waals surface area contributed by atoms with E-state index in [9.17, 15) is 18.0 Å². The third-order valence-corrected chi connectivity index (χ3v) is 6.74. The summed E-state index contributed by atoms with van der Waals surface area (Å²) in [5, 5.41) is 6.34. The smallest absolute Gasteiger partial charge is 0.259 e. The molecule has 0 unspecified atom stereocenters. The average Bonchev–Trinajstić information content (AvgIpc) is 3.35. The number of amides is 2. The van der Waals surface area contributed by atoms with E-state index >= 15 is 0 Å². The Kier molecular flexibility index (Phi) is 7.96. The highest BCUT2D eigenvalue weighted by Gasteiger charge is 2.27. The number of carbonyl (C=O) groups excluding carboxylic acids is 2. The lowest BCUT2D eigenvalue weighted by Crippen LogP contribution is -2.35. The van der Waals surface area contributed by atoms with Gasteiger partial charge in [0.05, 0.1) is 24.3 Å². The predicted octanol–water partition coefficient (Wildman–Crippen LogP) is 1.75. The molecule has 10 heteroatoms. The van der Waals surface area contributed by atoms with Crippen molar-refractivity contribution in [2.24, 2.45) is 5.10 Å². The SMILES string of the molecule is CCOc1ccc(C=NNC(=O)CNC(=O)c2ccc(S(=O)(=O)N3CCCC3)cc2)cc1. The molecule has 32 heavy (non-hydrogen) atoms. The Morgan fingerprint density at radius 2 is 1.72 bits per heavy atom. The molecule has 1 heterocycles. The van der Waals surface area contributed by atoms with Gasteiger partial charge in [-0.1, -0.05) is 0 Å². The molecule has 0 radical (unpaired) electrons. The Morgan fingerprint density at radius 3 is 2.34 bits per heavy atom. The molecule has 9 nitrogen and oxygen atoms in total. The zero-order valence-electron chi connectivity index (χ0n) is 17.8. The summed E-state index contributed by atoms with van der Waals surface area (Å²) in [6.07, 6.45) is 3.19. The van der Waals surface area contributed by atoms with E-state index in [1.807, 2.05) is 6.92 Å². The molecule has 0 spiro atoms. The van der Waals surface area contributed by atoms with Gasteiger partial charge in [-0.05, 0) is 73.9 Å². The van der Waals surface area contributed by atoms with Gasteiger partial charge in [-0.3, -0.25) is 9.59 Å². The molecule has 0 aliphatic carbocycles. The van der Waals surface area contributed by atoms with Crippen molar-refractivity contribution in [3.8, 4) is 5.75 Å². The van der Waals surface area contributed by atoms with Gasteiger partial charge in [-0.15, -0.1) is 0 Å². The molecule has 1 aliphatic heterocycles. The van der Waals surface area contributed by atoms with E-state index in [2.05, 4.69) is 15.8 Å². The number of ether oxygens (including phenoxy) is 1. The van der Waals surface area contributed by atoms with Crippen LogP contribution in [0.5, 0.6) is 5.75 Å². The van der Waals surface area contributed by atoms with Crippen molar-refractivity contribution in [2.45, 2.75) is 24.7 Å². The molecule has 2 N–H and O–H groups in total. The number of nitrogens with one attached hydrogen (secondary N) is 2. The van der Waals surface area contributed by atoms with Crippen molar-refractivity contribution >= 4 is 28.1 Å². The quantitative estimate of drug-likeness (QED) is 0.439. The van der Waals surface area contributed by atoms with E-state index in [4.69, 9.17) is 4.74 Å². The number of benzene rings is 2. The van der Waals surface area contributed by atoms with Crippen LogP contribution in [0.3, 0.4) is 0 Å². The highest BCUT2D eigenvalue weighted by atomic mass is 32.2. The van der Waals surface area contributed by atoms with Crippen molar-refractivity contribution in [1.29, 1.82) is 0 Å². The summed E-state index contributed by atoms with van der Waals surface area (Å²) >= 11 is 0. The number of hydrogen-bond donors (Lipinski definition) is 2. The van der Waals surface area contributed by atoms with Crippen molar-refractivity contribution in [3.63, 3.8) is 0 Å². The Morgan fingerprint density at radius 1 is 1.06 bits per heavy atom. The minimum absolute atomic E-state index is 0.150. The summed E-state index contributed by atoms with van der Waals surface area (Å²) < 4.78 is 31.9. The van der Waals surface area contributed by atoms with Gasteiger partial charge >= 0.3 is 0 Å². The van der Waals surface area contributed by atoms with Crippen molar-refractivity contribution in [2.75, 3.05) is 26.2 Å². The van der Waals surface area contributed by atoms with Gasteiger partial charge in [0.15, 0.2) is 0 Å². The number of carbonyl (C=O) groups is 2. The first-order valence-electron chi connectivity index (χ1n) is 10.3. The van der Waals surface area contributed by atoms with Crippen LogP contribution in [0.1, 0.15) is 35.7 Å². The number of hydrazone groups is 1. The number of hydrogen-bond acceptors (Lipinski definition) is 6. The van der Waals surface area contributed by atoms with Crippen LogP contribution in [0.15, 0.2) is 58.5 Å². The second-order valence-corrected chi connectivity index (χ2v) is 9.05. The number of nitrogens with zero attached hydrogens (tertiary/aromatic N) is 2. The fourth-order valence-electron chi connectivity index (χ4n) is 3.15. The van der Waals surface area contributed by atoms with Crippen LogP contribution in [-0.4, -0.2) is 57.0 Å². The molecule has 0 atom stereocenters. The molecule has 2 aromatic carbocycles. The van der Waals surface area contributed by atoms with E-state index < -0.39 is 21.8 Å².